The van der Waals surface area contributed by atoms with Crippen LogP contribution in [0.5, 0.6) is 11.5 Å². The Hall–Kier alpha value is -2.63. The lowest BCUT2D eigenvalue weighted by Crippen LogP contribution is -2.41. The first-order chi connectivity index (χ1) is 15.1. The molecule has 11 heteroatoms. The number of methoxy groups -OCH3 is 1. The van der Waals surface area contributed by atoms with Crippen LogP contribution in [0.1, 0.15) is 24.8 Å². The number of aliphatic hydroxyl groups is 2. The quantitative estimate of drug-likeness (QED) is 0.545. The summed E-state index contributed by atoms with van der Waals surface area (Å²) in [6.45, 7) is 1.32. The molecule has 32 heavy (non-hydrogen) atoms. The Bertz CT molecular complexity index is 1150. The van der Waals surface area contributed by atoms with Crippen molar-refractivity contribution in [3.05, 3.63) is 41.5 Å². The first-order valence-corrected chi connectivity index (χ1v) is 11.5. The Labute approximate surface area is 184 Å². The largest absolute Gasteiger partial charge is 0.493 e. The molecular formula is C21H24F2N2O6S. The van der Waals surface area contributed by atoms with Gasteiger partial charge >= 0.3 is 0 Å². The van der Waals surface area contributed by atoms with Crippen molar-refractivity contribution in [3.8, 4) is 11.5 Å². The topological polar surface area (TPSA) is 117 Å². The second kappa shape index (κ2) is 8.05. The van der Waals surface area contributed by atoms with Crippen LogP contribution in [0.2, 0.25) is 0 Å². The third-order valence-corrected chi connectivity index (χ3v) is 8.04. The maximum atomic E-state index is 15.3. The van der Waals surface area contributed by atoms with Crippen LogP contribution in [-0.4, -0.2) is 49.3 Å². The van der Waals surface area contributed by atoms with Crippen LogP contribution in [0.25, 0.3) is 0 Å². The molecule has 1 heterocycles. The molecule has 2 atom stereocenters. The van der Waals surface area contributed by atoms with Crippen LogP contribution in [0.4, 0.5) is 25.8 Å². The third-order valence-electron chi connectivity index (χ3n) is 5.85. The van der Waals surface area contributed by atoms with Crippen molar-refractivity contribution >= 4 is 27.1 Å². The minimum absolute atomic E-state index is 0.0853. The van der Waals surface area contributed by atoms with Gasteiger partial charge in [0.15, 0.2) is 11.6 Å². The number of hydrogen-bond acceptors (Lipinski definition) is 7. The summed E-state index contributed by atoms with van der Waals surface area (Å²) in [6.07, 6.45) is -2.34. The van der Waals surface area contributed by atoms with Gasteiger partial charge in [-0.1, -0.05) is 6.07 Å². The second-order valence-electron chi connectivity index (χ2n) is 8.19. The number of halogens is 2. The van der Waals surface area contributed by atoms with Gasteiger partial charge in [-0.15, -0.1) is 0 Å². The number of ether oxygens (including phenoxy) is 2. The Kier molecular flexibility index (Phi) is 5.68. The highest BCUT2D eigenvalue weighted by molar-refractivity contribution is 7.94. The number of benzene rings is 2. The summed E-state index contributed by atoms with van der Waals surface area (Å²) in [5.74, 6) is -2.06. The highest BCUT2D eigenvalue weighted by atomic mass is 32.2. The summed E-state index contributed by atoms with van der Waals surface area (Å²) in [5.41, 5.74) is -0.109. The minimum atomic E-state index is -4.13. The van der Waals surface area contributed by atoms with Crippen molar-refractivity contribution in [2.24, 2.45) is 0 Å². The molecule has 0 radical (unpaired) electrons. The highest BCUT2D eigenvalue weighted by Crippen LogP contribution is 2.51. The lowest BCUT2D eigenvalue weighted by Gasteiger charge is -2.28. The van der Waals surface area contributed by atoms with Gasteiger partial charge in [-0.2, -0.15) is 0 Å². The minimum Gasteiger partial charge on any atom is -0.493 e. The Morgan fingerprint density at radius 1 is 1.22 bits per heavy atom. The molecule has 2 aromatic rings. The molecule has 0 aromatic heterocycles. The summed E-state index contributed by atoms with van der Waals surface area (Å²) in [7, 11) is -2.92. The van der Waals surface area contributed by atoms with Crippen molar-refractivity contribution in [3.63, 3.8) is 0 Å². The normalized spacial score (nSPS) is 23.4. The van der Waals surface area contributed by atoms with Crippen LogP contribution in [0.15, 0.2) is 24.3 Å². The van der Waals surface area contributed by atoms with Crippen LogP contribution < -0.4 is 19.5 Å². The van der Waals surface area contributed by atoms with Gasteiger partial charge in [0.2, 0.25) is 10.0 Å². The van der Waals surface area contributed by atoms with E-state index in [2.05, 4.69) is 10.0 Å². The molecule has 1 aliphatic carbocycles. The molecule has 0 saturated heterocycles. The molecule has 0 bridgehead atoms. The Balaban J connectivity index is 1.88. The summed E-state index contributed by atoms with van der Waals surface area (Å²) in [5, 5.41) is 23.1. The van der Waals surface area contributed by atoms with Gasteiger partial charge < -0.3 is 25.0 Å². The SMILES string of the molecule is COc1cc2c(c(Nc3ccc(C)cc3F)c1F)NS(=O)(=O)C1(CC1)CC(O)C(O)CO2. The van der Waals surface area contributed by atoms with Crippen molar-refractivity contribution < 1.29 is 36.9 Å². The van der Waals surface area contributed by atoms with Crippen molar-refractivity contribution in [2.45, 2.75) is 43.1 Å². The van der Waals surface area contributed by atoms with Crippen LogP contribution >= 0.6 is 0 Å². The first-order valence-electron chi connectivity index (χ1n) is 10.0. The van der Waals surface area contributed by atoms with E-state index in [-0.39, 0.29) is 48.7 Å². The lowest BCUT2D eigenvalue weighted by molar-refractivity contribution is -0.0129. The summed E-state index contributed by atoms with van der Waals surface area (Å²) < 4.78 is 67.8. The fourth-order valence-electron chi connectivity index (χ4n) is 3.72. The van der Waals surface area contributed by atoms with Crippen molar-refractivity contribution in [1.29, 1.82) is 0 Å². The van der Waals surface area contributed by atoms with E-state index >= 15 is 4.39 Å². The zero-order valence-electron chi connectivity index (χ0n) is 17.5. The number of aliphatic hydroxyl groups excluding tert-OH is 2. The van der Waals surface area contributed by atoms with E-state index < -0.39 is 44.3 Å². The molecule has 1 aliphatic heterocycles. The summed E-state index contributed by atoms with van der Waals surface area (Å²) in [4.78, 5) is 0. The van der Waals surface area contributed by atoms with Gasteiger partial charge in [0, 0.05) is 6.07 Å². The number of hydrogen-bond donors (Lipinski definition) is 4. The molecule has 2 aliphatic rings. The van der Waals surface area contributed by atoms with E-state index in [4.69, 9.17) is 9.47 Å². The van der Waals surface area contributed by atoms with Gasteiger partial charge in [-0.25, -0.2) is 17.2 Å². The van der Waals surface area contributed by atoms with E-state index in [1.165, 1.54) is 19.2 Å². The second-order valence-corrected chi connectivity index (χ2v) is 10.3. The van der Waals surface area contributed by atoms with Crippen molar-refractivity contribution in [1.82, 2.24) is 0 Å². The molecule has 4 N–H and O–H groups in total. The number of nitrogens with one attached hydrogen (secondary N) is 2. The van der Waals surface area contributed by atoms with E-state index in [0.29, 0.717) is 5.56 Å². The van der Waals surface area contributed by atoms with E-state index in [1.807, 2.05) is 0 Å². The average Bonchev–Trinajstić information content (AvgIpc) is 3.52. The van der Waals surface area contributed by atoms with Gasteiger partial charge in [0.25, 0.3) is 0 Å². The first kappa shape index (κ1) is 22.6. The maximum Gasteiger partial charge on any atom is 0.238 e. The molecule has 8 nitrogen and oxygen atoms in total. The number of sulfonamides is 1. The van der Waals surface area contributed by atoms with E-state index in [0.717, 1.165) is 6.07 Å². The fourth-order valence-corrected chi connectivity index (χ4v) is 5.43. The number of anilines is 3. The molecule has 2 aromatic carbocycles. The monoisotopic (exact) mass is 470 g/mol. The predicted octanol–water partition coefficient (Wildman–Crippen LogP) is 2.80. The summed E-state index contributed by atoms with van der Waals surface area (Å²) in [6, 6.07) is 5.38. The lowest BCUT2D eigenvalue weighted by atomic mass is 10.1. The zero-order valence-corrected chi connectivity index (χ0v) is 18.3. The van der Waals surface area contributed by atoms with E-state index in [9.17, 15) is 23.0 Å². The average molecular weight is 470 g/mol. The van der Waals surface area contributed by atoms with E-state index in [1.54, 1.807) is 13.0 Å². The number of rotatable bonds is 3. The van der Waals surface area contributed by atoms with Crippen LogP contribution in [0.3, 0.4) is 0 Å². The van der Waals surface area contributed by atoms with Gasteiger partial charge in [0.1, 0.15) is 35.7 Å². The fraction of sp³-hybridized carbons (Fsp3) is 0.429. The Morgan fingerprint density at radius 3 is 2.56 bits per heavy atom. The highest BCUT2D eigenvalue weighted by Gasteiger charge is 2.56. The summed E-state index contributed by atoms with van der Waals surface area (Å²) >= 11 is 0. The molecule has 2 unspecified atom stereocenters. The van der Waals surface area contributed by atoms with Crippen LogP contribution in [0, 0.1) is 18.6 Å². The Morgan fingerprint density at radius 2 is 1.94 bits per heavy atom. The number of fused-ring (bicyclic) bond motifs is 1. The number of aryl methyl sites for hydroxylation is 1. The molecule has 174 valence electrons. The molecule has 1 saturated carbocycles. The van der Waals surface area contributed by atoms with Gasteiger partial charge in [0.05, 0.1) is 23.6 Å². The smallest absolute Gasteiger partial charge is 0.238 e. The van der Waals surface area contributed by atoms with Crippen LogP contribution in [-0.2, 0) is 10.0 Å². The van der Waals surface area contributed by atoms with Gasteiger partial charge in [-0.3, -0.25) is 4.72 Å². The van der Waals surface area contributed by atoms with Crippen molar-refractivity contribution in [2.75, 3.05) is 23.8 Å². The molecule has 1 spiro atoms. The molecule has 1 fully saturated rings. The van der Waals surface area contributed by atoms with Gasteiger partial charge in [-0.05, 0) is 43.9 Å². The zero-order chi connectivity index (χ0) is 23.3. The third kappa shape index (κ3) is 3.96. The molecule has 0 amide bonds. The maximum absolute atomic E-state index is 15.3. The molecular weight excluding hydrogens is 446 g/mol. The standard InChI is InChI=1S/C21H24F2N2O6S/c1-11-3-4-13(12(22)7-11)24-20-18(23)16(30-2)8-17-19(20)25-32(28,29)21(5-6-21)9-14(26)15(27)10-31-17/h3-4,7-8,14-15,24-27H,5-6,9-10H2,1-2H3. The molecule has 4 rings (SSSR count). The predicted molar refractivity (Wildman–Crippen MR) is 114 cm³/mol.